The van der Waals surface area contributed by atoms with Gasteiger partial charge in [-0.05, 0) is 19.8 Å². The highest BCUT2D eigenvalue weighted by atomic mass is 16.6. The summed E-state index contributed by atoms with van der Waals surface area (Å²) in [6.07, 6.45) is 6.11. The standard InChI is InChI=1S/C13H17N5O2/c1-8-5-13(3-2-4-19-13)12(20-8)18-7-17-9-10(14)15-6-16-11(9)18/h6-8,12H,2-5H2,1H3,(H2,14,15,16)/t8?,12?,13-/m1/s1. The fraction of sp³-hybridized carbons (Fsp3) is 0.615. The summed E-state index contributed by atoms with van der Waals surface area (Å²) in [6.45, 7) is 2.86. The van der Waals surface area contributed by atoms with Crippen LogP contribution in [0.5, 0.6) is 0 Å². The molecule has 2 fully saturated rings. The smallest absolute Gasteiger partial charge is 0.167 e. The molecule has 1 spiro atoms. The van der Waals surface area contributed by atoms with Crippen LogP contribution in [0.25, 0.3) is 11.2 Å². The Kier molecular flexibility index (Phi) is 2.49. The highest BCUT2D eigenvalue weighted by Crippen LogP contribution is 2.47. The van der Waals surface area contributed by atoms with Crippen LogP contribution in [0.4, 0.5) is 5.82 Å². The van der Waals surface area contributed by atoms with Gasteiger partial charge in [-0.15, -0.1) is 0 Å². The van der Waals surface area contributed by atoms with E-state index in [0.29, 0.717) is 17.0 Å². The van der Waals surface area contributed by atoms with Crippen molar-refractivity contribution in [3.05, 3.63) is 12.7 Å². The lowest BCUT2D eigenvalue weighted by Gasteiger charge is -2.29. The summed E-state index contributed by atoms with van der Waals surface area (Å²) in [4.78, 5) is 12.6. The average Bonchev–Trinajstić information content (AvgIpc) is 3.10. The molecule has 2 aromatic heterocycles. The monoisotopic (exact) mass is 275 g/mol. The molecule has 2 N–H and O–H groups in total. The molecule has 4 heterocycles. The predicted molar refractivity (Wildman–Crippen MR) is 71.9 cm³/mol. The third-order valence-electron chi connectivity index (χ3n) is 4.22. The molecule has 2 aliphatic heterocycles. The summed E-state index contributed by atoms with van der Waals surface area (Å²) in [6, 6.07) is 0. The average molecular weight is 275 g/mol. The highest BCUT2D eigenvalue weighted by Gasteiger charge is 2.51. The Morgan fingerprint density at radius 1 is 1.40 bits per heavy atom. The van der Waals surface area contributed by atoms with E-state index in [9.17, 15) is 0 Å². The Balaban J connectivity index is 1.84. The number of nitrogen functional groups attached to an aromatic ring is 1. The highest BCUT2D eigenvalue weighted by molar-refractivity contribution is 5.81. The second-order valence-electron chi connectivity index (χ2n) is 5.60. The molecule has 3 atom stereocenters. The van der Waals surface area contributed by atoms with Crippen molar-refractivity contribution < 1.29 is 9.47 Å². The van der Waals surface area contributed by atoms with Crippen molar-refractivity contribution in [1.82, 2.24) is 19.5 Å². The number of ether oxygens (including phenoxy) is 2. The molecule has 2 unspecified atom stereocenters. The van der Waals surface area contributed by atoms with Crippen molar-refractivity contribution in [1.29, 1.82) is 0 Å². The van der Waals surface area contributed by atoms with Gasteiger partial charge in [0.15, 0.2) is 17.7 Å². The van der Waals surface area contributed by atoms with Gasteiger partial charge < -0.3 is 15.2 Å². The fourth-order valence-electron chi connectivity index (χ4n) is 3.42. The number of hydrogen-bond donors (Lipinski definition) is 1. The summed E-state index contributed by atoms with van der Waals surface area (Å²) >= 11 is 0. The maximum Gasteiger partial charge on any atom is 0.167 e. The molecule has 106 valence electrons. The zero-order chi connectivity index (χ0) is 13.7. The quantitative estimate of drug-likeness (QED) is 0.843. The molecule has 0 saturated carbocycles. The van der Waals surface area contributed by atoms with Gasteiger partial charge in [-0.3, -0.25) is 4.57 Å². The molecule has 7 heteroatoms. The summed E-state index contributed by atoms with van der Waals surface area (Å²) in [7, 11) is 0. The molecule has 7 nitrogen and oxygen atoms in total. The van der Waals surface area contributed by atoms with Gasteiger partial charge in [0.05, 0.1) is 12.4 Å². The van der Waals surface area contributed by atoms with Crippen molar-refractivity contribution in [3.8, 4) is 0 Å². The minimum atomic E-state index is -0.257. The first-order valence-corrected chi connectivity index (χ1v) is 6.92. The molecule has 2 aliphatic rings. The van der Waals surface area contributed by atoms with E-state index in [2.05, 4.69) is 21.9 Å². The number of nitrogens with zero attached hydrogens (tertiary/aromatic N) is 4. The lowest BCUT2D eigenvalue weighted by molar-refractivity contribution is -0.0974. The second kappa shape index (κ2) is 4.13. The van der Waals surface area contributed by atoms with Crippen molar-refractivity contribution in [2.75, 3.05) is 12.3 Å². The number of fused-ring (bicyclic) bond motifs is 1. The minimum absolute atomic E-state index is 0.162. The number of anilines is 1. The molecule has 2 saturated heterocycles. The van der Waals surface area contributed by atoms with Crippen molar-refractivity contribution in [2.45, 2.75) is 44.1 Å². The van der Waals surface area contributed by atoms with Crippen LogP contribution in [0, 0.1) is 0 Å². The van der Waals surface area contributed by atoms with Gasteiger partial charge >= 0.3 is 0 Å². The molecular weight excluding hydrogens is 258 g/mol. The number of hydrogen-bond acceptors (Lipinski definition) is 6. The number of rotatable bonds is 1. The van der Waals surface area contributed by atoms with E-state index >= 15 is 0 Å². The van der Waals surface area contributed by atoms with Gasteiger partial charge in [0.2, 0.25) is 0 Å². The van der Waals surface area contributed by atoms with Crippen LogP contribution in [-0.2, 0) is 9.47 Å². The van der Waals surface area contributed by atoms with Crippen LogP contribution < -0.4 is 5.73 Å². The third kappa shape index (κ3) is 1.56. The fourth-order valence-corrected chi connectivity index (χ4v) is 3.42. The Labute approximate surface area is 116 Å². The maximum absolute atomic E-state index is 6.09. The molecule has 2 aromatic rings. The normalized spacial score (nSPS) is 33.5. The Hall–Kier alpha value is -1.73. The van der Waals surface area contributed by atoms with E-state index in [1.54, 1.807) is 6.33 Å². The third-order valence-corrected chi connectivity index (χ3v) is 4.22. The van der Waals surface area contributed by atoms with E-state index in [4.69, 9.17) is 15.2 Å². The number of nitrogens with two attached hydrogens (primary N) is 1. The van der Waals surface area contributed by atoms with Crippen LogP contribution >= 0.6 is 0 Å². The van der Waals surface area contributed by atoms with E-state index < -0.39 is 0 Å². The Morgan fingerprint density at radius 2 is 2.30 bits per heavy atom. The molecule has 0 bridgehead atoms. The molecule has 0 aliphatic carbocycles. The Morgan fingerprint density at radius 3 is 3.10 bits per heavy atom. The van der Waals surface area contributed by atoms with Gasteiger partial charge in [-0.1, -0.05) is 0 Å². The van der Waals surface area contributed by atoms with Gasteiger partial charge in [-0.2, -0.15) is 0 Å². The van der Waals surface area contributed by atoms with Crippen molar-refractivity contribution in [3.63, 3.8) is 0 Å². The van der Waals surface area contributed by atoms with Crippen LogP contribution in [0.15, 0.2) is 12.7 Å². The lowest BCUT2D eigenvalue weighted by atomic mass is 9.94. The van der Waals surface area contributed by atoms with E-state index in [-0.39, 0.29) is 17.9 Å². The number of imidazole rings is 1. The zero-order valence-electron chi connectivity index (χ0n) is 11.3. The van der Waals surface area contributed by atoms with Crippen LogP contribution in [0.2, 0.25) is 0 Å². The molecule has 4 rings (SSSR count). The lowest BCUT2D eigenvalue weighted by Crippen LogP contribution is -2.34. The molecule has 0 aromatic carbocycles. The summed E-state index contributed by atoms with van der Waals surface area (Å²) in [5, 5.41) is 0. The van der Waals surface area contributed by atoms with Gasteiger partial charge in [0, 0.05) is 13.0 Å². The van der Waals surface area contributed by atoms with Crippen LogP contribution in [0.1, 0.15) is 32.4 Å². The molecule has 0 amide bonds. The molecular formula is C13H17N5O2. The van der Waals surface area contributed by atoms with E-state index in [0.717, 1.165) is 25.9 Å². The predicted octanol–water partition coefficient (Wildman–Crippen LogP) is 1.27. The SMILES string of the molecule is CC1C[C@]2(CCCO2)C(n2cnc3c(N)ncnc32)O1. The minimum Gasteiger partial charge on any atom is -0.382 e. The number of aromatic nitrogens is 4. The van der Waals surface area contributed by atoms with Gasteiger partial charge in [-0.25, -0.2) is 15.0 Å². The second-order valence-corrected chi connectivity index (χ2v) is 5.60. The molecule has 20 heavy (non-hydrogen) atoms. The van der Waals surface area contributed by atoms with E-state index in [1.165, 1.54) is 6.33 Å². The van der Waals surface area contributed by atoms with Gasteiger partial charge in [0.1, 0.15) is 17.4 Å². The van der Waals surface area contributed by atoms with Crippen LogP contribution in [0.3, 0.4) is 0 Å². The van der Waals surface area contributed by atoms with Crippen molar-refractivity contribution in [2.24, 2.45) is 0 Å². The summed E-state index contributed by atoms with van der Waals surface area (Å²) in [5.41, 5.74) is 6.90. The first kappa shape index (κ1) is 12.0. The Bertz CT molecular complexity index is 649. The summed E-state index contributed by atoms with van der Waals surface area (Å²) < 4.78 is 14.1. The first-order chi connectivity index (χ1) is 9.70. The largest absolute Gasteiger partial charge is 0.382 e. The first-order valence-electron chi connectivity index (χ1n) is 6.92. The van der Waals surface area contributed by atoms with Crippen LogP contribution in [-0.4, -0.2) is 37.8 Å². The van der Waals surface area contributed by atoms with Gasteiger partial charge in [0.25, 0.3) is 0 Å². The van der Waals surface area contributed by atoms with Crippen molar-refractivity contribution >= 4 is 17.0 Å². The van der Waals surface area contributed by atoms with E-state index in [1.807, 2.05) is 4.57 Å². The molecule has 0 radical (unpaired) electrons. The summed E-state index contributed by atoms with van der Waals surface area (Å²) in [5.74, 6) is 0.390. The maximum atomic E-state index is 6.09. The zero-order valence-corrected chi connectivity index (χ0v) is 11.3. The topological polar surface area (TPSA) is 88.1 Å².